The van der Waals surface area contributed by atoms with Gasteiger partial charge in [-0.2, -0.15) is 0 Å². The predicted molar refractivity (Wildman–Crippen MR) is 72.3 cm³/mol. The molecule has 0 radical (unpaired) electrons. The number of furan rings is 1. The smallest absolute Gasteiger partial charge is 0.317 e. The molecule has 2 N–H and O–H groups in total. The second-order valence-electron chi connectivity index (χ2n) is 5.26. The van der Waals surface area contributed by atoms with Gasteiger partial charge in [0.05, 0.1) is 12.2 Å². The Labute approximate surface area is 117 Å². The Bertz CT molecular complexity index is 458. The van der Waals surface area contributed by atoms with Crippen LogP contribution in [0.5, 0.6) is 0 Å². The fourth-order valence-corrected chi connectivity index (χ4v) is 2.45. The molecule has 0 spiro atoms. The van der Waals surface area contributed by atoms with Crippen LogP contribution in [0.4, 0.5) is 4.79 Å². The first kappa shape index (κ1) is 14.4. The predicted octanol–water partition coefficient (Wildman–Crippen LogP) is 1.72. The fourth-order valence-electron chi connectivity index (χ4n) is 2.45. The van der Waals surface area contributed by atoms with Crippen LogP contribution in [-0.2, 0) is 11.2 Å². The molecule has 2 heterocycles. The average Bonchev–Trinajstić information content (AvgIpc) is 2.91. The molecule has 1 unspecified atom stereocenters. The molecule has 6 heteroatoms. The summed E-state index contributed by atoms with van der Waals surface area (Å²) in [6.45, 7) is 2.80. The fraction of sp³-hybridized carbons (Fsp3) is 0.571. The van der Waals surface area contributed by atoms with E-state index in [0.29, 0.717) is 19.4 Å². The summed E-state index contributed by atoms with van der Waals surface area (Å²) in [5.74, 6) is -0.458. The van der Waals surface area contributed by atoms with Gasteiger partial charge >= 0.3 is 12.0 Å². The summed E-state index contributed by atoms with van der Waals surface area (Å²) in [6, 6.07) is 3.42. The van der Waals surface area contributed by atoms with Crippen LogP contribution >= 0.6 is 0 Å². The molecule has 110 valence electrons. The van der Waals surface area contributed by atoms with Crippen molar-refractivity contribution in [3.8, 4) is 0 Å². The number of likely N-dealkylation sites (tertiary alicyclic amines) is 1. The van der Waals surface area contributed by atoms with E-state index in [2.05, 4.69) is 5.32 Å². The zero-order valence-corrected chi connectivity index (χ0v) is 11.5. The monoisotopic (exact) mass is 280 g/mol. The maximum Gasteiger partial charge on any atom is 0.317 e. The normalized spacial score (nSPS) is 20.4. The Morgan fingerprint density at radius 3 is 3.05 bits per heavy atom. The summed E-state index contributed by atoms with van der Waals surface area (Å²) in [4.78, 5) is 24.7. The number of urea groups is 1. The van der Waals surface area contributed by atoms with Crippen molar-refractivity contribution in [1.82, 2.24) is 10.2 Å². The third kappa shape index (κ3) is 3.76. The molecule has 2 atom stereocenters. The number of carbonyl (C=O) groups is 2. The standard InChI is InChI=1S/C14H20N2O4/c1-10(8-12-5-3-7-20-12)15-14(19)16-6-2-4-11(9-16)13(17)18/h3,5,7,10-11H,2,4,6,8-9H2,1H3,(H,15,19)(H,17,18)/t10?,11-/m0/s1. The second kappa shape index (κ2) is 6.45. The minimum Gasteiger partial charge on any atom is -0.481 e. The molecular formula is C14H20N2O4. The highest BCUT2D eigenvalue weighted by Crippen LogP contribution is 2.16. The molecule has 1 saturated heterocycles. The number of aliphatic carboxylic acids is 1. The maximum absolute atomic E-state index is 12.1. The Hall–Kier alpha value is -1.98. The second-order valence-corrected chi connectivity index (χ2v) is 5.26. The number of nitrogens with zero attached hydrogens (tertiary/aromatic N) is 1. The number of nitrogens with one attached hydrogen (secondary N) is 1. The molecule has 2 rings (SSSR count). The number of carboxylic acid groups (broad SMARTS) is 1. The first-order valence-corrected chi connectivity index (χ1v) is 6.87. The summed E-state index contributed by atoms with van der Waals surface area (Å²) in [5, 5.41) is 11.9. The van der Waals surface area contributed by atoms with Gasteiger partial charge in [-0.15, -0.1) is 0 Å². The third-order valence-corrected chi connectivity index (χ3v) is 3.52. The molecule has 20 heavy (non-hydrogen) atoms. The molecule has 1 aliphatic rings. The van der Waals surface area contributed by atoms with Crippen LogP contribution in [0.3, 0.4) is 0 Å². The van der Waals surface area contributed by atoms with Crippen LogP contribution in [0.25, 0.3) is 0 Å². The molecule has 2 amide bonds. The van der Waals surface area contributed by atoms with Gasteiger partial charge in [-0.3, -0.25) is 4.79 Å². The lowest BCUT2D eigenvalue weighted by Crippen LogP contribution is -2.49. The van der Waals surface area contributed by atoms with E-state index in [-0.39, 0.29) is 18.6 Å². The first-order chi connectivity index (χ1) is 9.56. The summed E-state index contributed by atoms with van der Waals surface area (Å²) >= 11 is 0. The van der Waals surface area contributed by atoms with Gasteiger partial charge in [0.15, 0.2) is 0 Å². The summed E-state index contributed by atoms with van der Waals surface area (Å²) < 4.78 is 5.24. The van der Waals surface area contributed by atoms with E-state index in [1.807, 2.05) is 19.1 Å². The molecule has 0 bridgehead atoms. The number of hydrogen-bond donors (Lipinski definition) is 2. The summed E-state index contributed by atoms with van der Waals surface area (Å²) in [7, 11) is 0. The number of amides is 2. The Balaban J connectivity index is 1.83. The van der Waals surface area contributed by atoms with E-state index in [4.69, 9.17) is 9.52 Å². The molecule has 6 nitrogen and oxygen atoms in total. The lowest BCUT2D eigenvalue weighted by atomic mass is 9.99. The van der Waals surface area contributed by atoms with Gasteiger partial charge in [-0.05, 0) is 31.9 Å². The third-order valence-electron chi connectivity index (χ3n) is 3.52. The Morgan fingerprint density at radius 2 is 2.40 bits per heavy atom. The molecule has 0 saturated carbocycles. The Kier molecular flexibility index (Phi) is 4.65. The van der Waals surface area contributed by atoms with E-state index in [9.17, 15) is 9.59 Å². The van der Waals surface area contributed by atoms with Crippen molar-refractivity contribution in [2.45, 2.75) is 32.2 Å². The van der Waals surface area contributed by atoms with Crippen molar-refractivity contribution in [3.63, 3.8) is 0 Å². The highest BCUT2D eigenvalue weighted by Gasteiger charge is 2.28. The average molecular weight is 280 g/mol. The van der Waals surface area contributed by atoms with Crippen LogP contribution in [-0.4, -0.2) is 41.1 Å². The van der Waals surface area contributed by atoms with Gasteiger partial charge in [0.25, 0.3) is 0 Å². The summed E-state index contributed by atoms with van der Waals surface area (Å²) in [6.07, 6.45) is 3.60. The molecule has 1 aliphatic heterocycles. The molecule has 1 aromatic heterocycles. The highest BCUT2D eigenvalue weighted by atomic mass is 16.4. The van der Waals surface area contributed by atoms with E-state index in [0.717, 1.165) is 12.2 Å². The zero-order chi connectivity index (χ0) is 14.5. The van der Waals surface area contributed by atoms with E-state index < -0.39 is 11.9 Å². The van der Waals surface area contributed by atoms with Crippen LogP contribution in [0, 0.1) is 5.92 Å². The minimum atomic E-state index is -0.828. The number of piperidine rings is 1. The zero-order valence-electron chi connectivity index (χ0n) is 11.5. The quantitative estimate of drug-likeness (QED) is 0.879. The van der Waals surface area contributed by atoms with Crippen LogP contribution in [0.15, 0.2) is 22.8 Å². The topological polar surface area (TPSA) is 82.8 Å². The van der Waals surface area contributed by atoms with Crippen LogP contribution in [0.2, 0.25) is 0 Å². The maximum atomic E-state index is 12.1. The van der Waals surface area contributed by atoms with Crippen molar-refractivity contribution in [2.24, 2.45) is 5.92 Å². The molecular weight excluding hydrogens is 260 g/mol. The largest absolute Gasteiger partial charge is 0.481 e. The van der Waals surface area contributed by atoms with E-state index >= 15 is 0 Å². The lowest BCUT2D eigenvalue weighted by Gasteiger charge is -2.31. The van der Waals surface area contributed by atoms with Gasteiger partial charge in [-0.1, -0.05) is 0 Å². The molecule has 0 aliphatic carbocycles. The van der Waals surface area contributed by atoms with Crippen molar-refractivity contribution in [3.05, 3.63) is 24.2 Å². The van der Waals surface area contributed by atoms with Crippen molar-refractivity contribution in [2.75, 3.05) is 13.1 Å². The number of carbonyl (C=O) groups excluding carboxylic acids is 1. The highest BCUT2D eigenvalue weighted by molar-refractivity contribution is 5.76. The van der Waals surface area contributed by atoms with Crippen molar-refractivity contribution in [1.29, 1.82) is 0 Å². The number of hydrogen-bond acceptors (Lipinski definition) is 3. The molecule has 1 fully saturated rings. The van der Waals surface area contributed by atoms with Gasteiger partial charge in [0.1, 0.15) is 5.76 Å². The van der Waals surface area contributed by atoms with E-state index in [1.165, 1.54) is 0 Å². The van der Waals surface area contributed by atoms with Gasteiger partial charge in [-0.25, -0.2) is 4.79 Å². The van der Waals surface area contributed by atoms with Gasteiger partial charge in [0, 0.05) is 25.6 Å². The van der Waals surface area contributed by atoms with Gasteiger partial charge < -0.3 is 19.7 Å². The van der Waals surface area contributed by atoms with Gasteiger partial charge in [0.2, 0.25) is 0 Å². The van der Waals surface area contributed by atoms with Crippen LogP contribution in [0.1, 0.15) is 25.5 Å². The minimum absolute atomic E-state index is 0.0566. The number of rotatable bonds is 4. The molecule has 1 aromatic rings. The summed E-state index contributed by atoms with van der Waals surface area (Å²) in [5.41, 5.74) is 0. The Morgan fingerprint density at radius 1 is 1.60 bits per heavy atom. The van der Waals surface area contributed by atoms with E-state index in [1.54, 1.807) is 11.2 Å². The number of carboxylic acids is 1. The van der Waals surface area contributed by atoms with Crippen molar-refractivity contribution >= 4 is 12.0 Å². The first-order valence-electron chi connectivity index (χ1n) is 6.87. The molecule has 0 aromatic carbocycles. The lowest BCUT2D eigenvalue weighted by molar-refractivity contribution is -0.143. The van der Waals surface area contributed by atoms with Crippen LogP contribution < -0.4 is 5.32 Å². The van der Waals surface area contributed by atoms with Crippen molar-refractivity contribution < 1.29 is 19.1 Å². The SMILES string of the molecule is CC(Cc1ccco1)NC(=O)N1CCC[C@H](C(=O)O)C1.